The van der Waals surface area contributed by atoms with Gasteiger partial charge in [0.05, 0.1) is 4.90 Å². The molecule has 0 aromatic heterocycles. The summed E-state index contributed by atoms with van der Waals surface area (Å²) in [6, 6.07) is 12.9. The molecular formula is C17H18N2O4S. The molecule has 0 unspecified atom stereocenters. The average molecular weight is 346 g/mol. The summed E-state index contributed by atoms with van der Waals surface area (Å²) < 4.78 is 22.8. The molecule has 0 fully saturated rings. The molecule has 0 atom stereocenters. The highest BCUT2D eigenvalue weighted by atomic mass is 32.2. The molecule has 0 saturated carbocycles. The third-order valence-electron chi connectivity index (χ3n) is 3.27. The maximum Gasteiger partial charge on any atom is 0.251 e. The van der Waals surface area contributed by atoms with Gasteiger partial charge in [-0.15, -0.1) is 0 Å². The zero-order chi connectivity index (χ0) is 17.7. The fourth-order valence-corrected chi connectivity index (χ4v) is 2.68. The van der Waals surface area contributed by atoms with Crippen LogP contribution in [0.3, 0.4) is 0 Å². The smallest absolute Gasteiger partial charge is 0.251 e. The van der Waals surface area contributed by atoms with Crippen LogP contribution in [0.25, 0.3) is 0 Å². The molecular weight excluding hydrogens is 328 g/mol. The molecule has 24 heavy (non-hydrogen) atoms. The molecule has 2 rings (SSSR count). The second kappa shape index (κ2) is 7.27. The molecule has 0 spiro atoms. The summed E-state index contributed by atoms with van der Waals surface area (Å²) >= 11 is 0. The first kappa shape index (κ1) is 17.7. The number of sulfone groups is 1. The minimum atomic E-state index is -3.22. The Morgan fingerprint density at radius 1 is 0.958 bits per heavy atom. The molecule has 0 aliphatic carbocycles. The molecule has 0 bridgehead atoms. The van der Waals surface area contributed by atoms with Crippen LogP contribution in [-0.2, 0) is 21.2 Å². The van der Waals surface area contributed by atoms with Crippen LogP contribution in [0.4, 0.5) is 5.69 Å². The second-order valence-electron chi connectivity index (χ2n) is 5.36. The summed E-state index contributed by atoms with van der Waals surface area (Å²) in [6.45, 7) is 1.70. The summed E-state index contributed by atoms with van der Waals surface area (Å²) in [5.74, 6) is -0.429. The van der Waals surface area contributed by atoms with Gasteiger partial charge in [-0.05, 0) is 42.0 Å². The van der Waals surface area contributed by atoms with Crippen molar-refractivity contribution in [3.05, 3.63) is 59.7 Å². The Kier molecular flexibility index (Phi) is 5.35. The number of carbonyl (C=O) groups is 2. The Labute approximate surface area is 140 Å². The van der Waals surface area contributed by atoms with Crippen molar-refractivity contribution in [2.75, 3.05) is 11.6 Å². The predicted molar refractivity (Wildman–Crippen MR) is 91.5 cm³/mol. The highest BCUT2D eigenvalue weighted by molar-refractivity contribution is 7.90. The molecule has 6 nitrogen and oxygen atoms in total. The normalized spacial score (nSPS) is 10.9. The van der Waals surface area contributed by atoms with E-state index in [0.29, 0.717) is 11.3 Å². The monoisotopic (exact) mass is 346 g/mol. The third kappa shape index (κ3) is 4.92. The van der Waals surface area contributed by atoms with Gasteiger partial charge < -0.3 is 10.6 Å². The third-order valence-corrected chi connectivity index (χ3v) is 4.40. The maximum atomic E-state index is 12.1. The van der Waals surface area contributed by atoms with Crippen LogP contribution in [0, 0.1) is 0 Å². The van der Waals surface area contributed by atoms with Crippen LogP contribution in [0.5, 0.6) is 0 Å². The number of nitrogens with one attached hydrogen (secondary N) is 2. The van der Waals surface area contributed by atoms with Gasteiger partial charge in [0.15, 0.2) is 9.84 Å². The first-order chi connectivity index (χ1) is 11.3. The van der Waals surface area contributed by atoms with E-state index in [-0.39, 0.29) is 23.3 Å². The molecule has 2 aromatic rings. The van der Waals surface area contributed by atoms with E-state index in [4.69, 9.17) is 0 Å². The van der Waals surface area contributed by atoms with Crippen molar-refractivity contribution < 1.29 is 18.0 Å². The number of benzene rings is 2. The summed E-state index contributed by atoms with van der Waals surface area (Å²) in [4.78, 5) is 23.3. The van der Waals surface area contributed by atoms with Gasteiger partial charge in [-0.2, -0.15) is 0 Å². The molecule has 0 saturated heterocycles. The average Bonchev–Trinajstić information content (AvgIpc) is 2.52. The lowest BCUT2D eigenvalue weighted by Gasteiger charge is -2.07. The molecule has 126 valence electrons. The zero-order valence-corrected chi connectivity index (χ0v) is 14.2. The second-order valence-corrected chi connectivity index (χ2v) is 7.37. The topological polar surface area (TPSA) is 92.3 Å². The van der Waals surface area contributed by atoms with E-state index < -0.39 is 9.84 Å². The Hall–Kier alpha value is -2.67. The fourth-order valence-electron chi connectivity index (χ4n) is 2.05. The molecule has 0 heterocycles. The van der Waals surface area contributed by atoms with Gasteiger partial charge in [0.1, 0.15) is 0 Å². The van der Waals surface area contributed by atoms with Gasteiger partial charge in [0.2, 0.25) is 5.91 Å². The van der Waals surface area contributed by atoms with Crippen molar-refractivity contribution in [3.63, 3.8) is 0 Å². The molecule has 0 radical (unpaired) electrons. The van der Waals surface area contributed by atoms with E-state index in [1.807, 2.05) is 0 Å². The van der Waals surface area contributed by atoms with Crippen molar-refractivity contribution in [2.45, 2.75) is 18.4 Å². The minimum absolute atomic E-state index is 0.176. The number of carbonyl (C=O) groups excluding carboxylic acids is 2. The molecule has 2 amide bonds. The zero-order valence-electron chi connectivity index (χ0n) is 13.4. The van der Waals surface area contributed by atoms with Gasteiger partial charge in [0, 0.05) is 31.0 Å². The number of amides is 2. The lowest BCUT2D eigenvalue weighted by atomic mass is 10.1. The molecule has 2 N–H and O–H groups in total. The highest BCUT2D eigenvalue weighted by Crippen LogP contribution is 2.12. The highest BCUT2D eigenvalue weighted by Gasteiger charge is 2.08. The van der Waals surface area contributed by atoms with Crippen LogP contribution in [-0.4, -0.2) is 26.5 Å². The molecule has 7 heteroatoms. The van der Waals surface area contributed by atoms with E-state index >= 15 is 0 Å². The van der Waals surface area contributed by atoms with Crippen LogP contribution < -0.4 is 10.6 Å². The SMILES string of the molecule is CC(=O)Nc1ccc(C(=O)NCc2ccc(S(C)(=O)=O)cc2)cc1. The van der Waals surface area contributed by atoms with E-state index in [2.05, 4.69) is 10.6 Å². The maximum absolute atomic E-state index is 12.1. The minimum Gasteiger partial charge on any atom is -0.348 e. The van der Waals surface area contributed by atoms with Crippen molar-refractivity contribution in [2.24, 2.45) is 0 Å². The summed E-state index contributed by atoms with van der Waals surface area (Å²) in [7, 11) is -3.22. The summed E-state index contributed by atoms with van der Waals surface area (Å²) in [5, 5.41) is 5.38. The van der Waals surface area contributed by atoms with E-state index in [9.17, 15) is 18.0 Å². The Bertz CT molecular complexity index is 841. The van der Waals surface area contributed by atoms with E-state index in [1.54, 1.807) is 36.4 Å². The summed E-state index contributed by atoms with van der Waals surface area (Å²) in [5.41, 5.74) is 1.89. The number of anilines is 1. The van der Waals surface area contributed by atoms with Crippen molar-refractivity contribution in [3.8, 4) is 0 Å². The number of rotatable bonds is 5. The summed E-state index contributed by atoms with van der Waals surface area (Å²) in [6.07, 6.45) is 1.15. The quantitative estimate of drug-likeness (QED) is 0.866. The Morgan fingerprint density at radius 3 is 2.04 bits per heavy atom. The van der Waals surface area contributed by atoms with Crippen molar-refractivity contribution in [1.29, 1.82) is 0 Å². The standard InChI is InChI=1S/C17H18N2O4S/c1-12(20)19-15-7-5-14(6-8-15)17(21)18-11-13-3-9-16(10-4-13)24(2,22)23/h3-10H,11H2,1-2H3,(H,18,21)(H,19,20). The molecule has 2 aromatic carbocycles. The van der Waals surface area contributed by atoms with Crippen LogP contribution in [0.2, 0.25) is 0 Å². The first-order valence-electron chi connectivity index (χ1n) is 7.20. The Balaban J connectivity index is 1.96. The van der Waals surface area contributed by atoms with Gasteiger partial charge in [0.25, 0.3) is 5.91 Å². The lowest BCUT2D eigenvalue weighted by Crippen LogP contribution is -2.22. The van der Waals surface area contributed by atoms with Gasteiger partial charge in [-0.1, -0.05) is 12.1 Å². The van der Waals surface area contributed by atoms with Crippen LogP contribution in [0.1, 0.15) is 22.8 Å². The van der Waals surface area contributed by atoms with Gasteiger partial charge in [-0.3, -0.25) is 9.59 Å². The van der Waals surface area contributed by atoms with Crippen molar-refractivity contribution in [1.82, 2.24) is 5.32 Å². The van der Waals surface area contributed by atoms with E-state index in [1.165, 1.54) is 19.1 Å². The fraction of sp³-hybridized carbons (Fsp3) is 0.176. The van der Waals surface area contributed by atoms with E-state index in [0.717, 1.165) is 11.8 Å². The molecule has 0 aliphatic heterocycles. The van der Waals surface area contributed by atoms with Crippen LogP contribution >= 0.6 is 0 Å². The largest absolute Gasteiger partial charge is 0.348 e. The van der Waals surface area contributed by atoms with Gasteiger partial charge in [-0.25, -0.2) is 8.42 Å². The lowest BCUT2D eigenvalue weighted by molar-refractivity contribution is -0.114. The van der Waals surface area contributed by atoms with Gasteiger partial charge >= 0.3 is 0 Å². The number of hydrogen-bond acceptors (Lipinski definition) is 4. The Morgan fingerprint density at radius 2 is 1.54 bits per heavy atom. The van der Waals surface area contributed by atoms with Crippen molar-refractivity contribution >= 4 is 27.3 Å². The predicted octanol–water partition coefficient (Wildman–Crippen LogP) is 1.98. The first-order valence-corrected chi connectivity index (χ1v) is 9.10. The molecule has 0 aliphatic rings. The number of hydrogen-bond donors (Lipinski definition) is 2. The van der Waals surface area contributed by atoms with Crippen LogP contribution in [0.15, 0.2) is 53.4 Å².